The Morgan fingerprint density at radius 2 is 1.58 bits per heavy atom. The molecule has 1 N–H and O–H groups in total. The third-order valence-electron chi connectivity index (χ3n) is 7.12. The number of aliphatic carboxylic acids is 1. The van der Waals surface area contributed by atoms with Crippen LogP contribution in [0.15, 0.2) is 48.5 Å². The number of likely N-dealkylation sites (tertiary alicyclic amines) is 1. The van der Waals surface area contributed by atoms with Gasteiger partial charge in [-0.2, -0.15) is 4.31 Å². The van der Waals surface area contributed by atoms with Gasteiger partial charge >= 0.3 is 12.1 Å². The monoisotopic (exact) mass is 470 g/mol. The van der Waals surface area contributed by atoms with Gasteiger partial charge in [-0.1, -0.05) is 48.5 Å². The number of carboxylic acid groups (broad SMARTS) is 1. The Labute approximate surface area is 192 Å². The van der Waals surface area contributed by atoms with E-state index in [0.717, 1.165) is 15.4 Å². The molecular weight excluding hydrogens is 444 g/mol. The van der Waals surface area contributed by atoms with E-state index in [4.69, 9.17) is 9.84 Å². The van der Waals surface area contributed by atoms with Crippen LogP contribution in [-0.4, -0.2) is 73.3 Å². The quantitative estimate of drug-likeness (QED) is 0.737. The average Bonchev–Trinajstić information content (AvgIpc) is 3.23. The van der Waals surface area contributed by atoms with Crippen LogP contribution in [-0.2, 0) is 19.6 Å². The lowest BCUT2D eigenvalue weighted by atomic mass is 9.80. The first-order chi connectivity index (χ1) is 15.8. The molecule has 9 heteroatoms. The van der Waals surface area contributed by atoms with Gasteiger partial charge in [-0.05, 0) is 35.1 Å². The van der Waals surface area contributed by atoms with Crippen LogP contribution >= 0.6 is 0 Å². The number of ether oxygens (including phenoxy) is 1. The minimum absolute atomic E-state index is 0.0120. The molecule has 1 amide bonds. The van der Waals surface area contributed by atoms with Crippen LogP contribution in [0.25, 0.3) is 11.1 Å². The second-order valence-corrected chi connectivity index (χ2v) is 11.2. The van der Waals surface area contributed by atoms with Crippen molar-refractivity contribution in [3.8, 4) is 11.1 Å². The maximum absolute atomic E-state index is 12.8. The Balaban J connectivity index is 1.21. The first-order valence-electron chi connectivity index (χ1n) is 11.1. The minimum Gasteiger partial charge on any atom is -0.480 e. The van der Waals surface area contributed by atoms with E-state index in [1.165, 1.54) is 11.1 Å². The van der Waals surface area contributed by atoms with Gasteiger partial charge in [-0.3, -0.25) is 4.79 Å². The number of carboxylic acids is 1. The lowest BCUT2D eigenvalue weighted by molar-refractivity contribution is -0.137. The zero-order chi connectivity index (χ0) is 23.2. The van der Waals surface area contributed by atoms with E-state index >= 15 is 0 Å². The fourth-order valence-electron chi connectivity index (χ4n) is 5.45. The molecule has 1 aliphatic carbocycles. The molecule has 8 nitrogen and oxygen atoms in total. The third kappa shape index (κ3) is 4.00. The normalized spacial score (nSPS) is 21.0. The summed E-state index contributed by atoms with van der Waals surface area (Å²) in [7, 11) is -3.59. The highest BCUT2D eigenvalue weighted by molar-refractivity contribution is 7.89. The number of carbonyl (C=O) groups excluding carboxylic acids is 1. The van der Waals surface area contributed by atoms with E-state index < -0.39 is 34.0 Å². The van der Waals surface area contributed by atoms with Crippen molar-refractivity contribution >= 4 is 22.1 Å². The summed E-state index contributed by atoms with van der Waals surface area (Å²) in [5.74, 6) is -1.24. The van der Waals surface area contributed by atoms with E-state index in [9.17, 15) is 18.0 Å². The molecule has 2 saturated heterocycles. The van der Waals surface area contributed by atoms with Gasteiger partial charge in [0.2, 0.25) is 10.0 Å². The number of nitrogens with zero attached hydrogens (tertiary/aromatic N) is 2. The molecule has 0 atom stereocenters. The lowest BCUT2D eigenvalue weighted by Crippen LogP contribution is -2.45. The number of hydrogen-bond acceptors (Lipinski definition) is 5. The molecule has 0 bridgehead atoms. The molecule has 2 aliphatic heterocycles. The largest absolute Gasteiger partial charge is 0.480 e. The molecule has 0 aromatic heterocycles. The van der Waals surface area contributed by atoms with Crippen LogP contribution < -0.4 is 0 Å². The SMILES string of the molecule is O=C(O)CN1CC2(CCN(C(=O)OCC3c4ccccc4-c4ccccc43)CC2)CS1(=O)=O. The molecule has 33 heavy (non-hydrogen) atoms. The summed E-state index contributed by atoms with van der Waals surface area (Å²) < 4.78 is 31.6. The molecular formula is C24H26N2O6S. The topological polar surface area (TPSA) is 104 Å². The maximum atomic E-state index is 12.8. The highest BCUT2D eigenvalue weighted by atomic mass is 32.2. The van der Waals surface area contributed by atoms with Crippen LogP contribution in [0, 0.1) is 5.41 Å². The van der Waals surface area contributed by atoms with Gasteiger partial charge in [0, 0.05) is 31.0 Å². The second-order valence-electron chi connectivity index (χ2n) is 9.21. The predicted octanol–water partition coefficient (Wildman–Crippen LogP) is 2.75. The van der Waals surface area contributed by atoms with Crippen molar-refractivity contribution in [2.75, 3.05) is 38.5 Å². The number of carbonyl (C=O) groups is 2. The van der Waals surface area contributed by atoms with E-state index in [1.807, 2.05) is 24.3 Å². The molecule has 1 spiro atoms. The van der Waals surface area contributed by atoms with Crippen LogP contribution in [0.2, 0.25) is 0 Å². The molecule has 3 aliphatic rings. The Morgan fingerprint density at radius 3 is 2.15 bits per heavy atom. The molecule has 2 heterocycles. The third-order valence-corrected chi connectivity index (χ3v) is 9.15. The lowest BCUT2D eigenvalue weighted by Gasteiger charge is -2.37. The molecule has 5 rings (SSSR count). The predicted molar refractivity (Wildman–Crippen MR) is 121 cm³/mol. The number of benzene rings is 2. The van der Waals surface area contributed by atoms with Crippen molar-refractivity contribution < 1.29 is 27.9 Å². The summed E-state index contributed by atoms with van der Waals surface area (Å²) in [5, 5.41) is 9.00. The summed E-state index contributed by atoms with van der Waals surface area (Å²) >= 11 is 0. The first-order valence-corrected chi connectivity index (χ1v) is 12.7. The van der Waals surface area contributed by atoms with Gasteiger partial charge in [0.15, 0.2) is 0 Å². The second kappa shape index (κ2) is 8.14. The van der Waals surface area contributed by atoms with Crippen LogP contribution in [0.5, 0.6) is 0 Å². The van der Waals surface area contributed by atoms with Gasteiger partial charge in [-0.15, -0.1) is 0 Å². The smallest absolute Gasteiger partial charge is 0.409 e. The number of amides is 1. The van der Waals surface area contributed by atoms with Crippen LogP contribution in [0.3, 0.4) is 0 Å². The number of piperidine rings is 1. The highest BCUT2D eigenvalue weighted by Crippen LogP contribution is 2.45. The van der Waals surface area contributed by atoms with Crippen molar-refractivity contribution in [1.82, 2.24) is 9.21 Å². The van der Waals surface area contributed by atoms with Crippen molar-refractivity contribution in [1.29, 1.82) is 0 Å². The van der Waals surface area contributed by atoms with Crippen molar-refractivity contribution in [3.63, 3.8) is 0 Å². The Hall–Kier alpha value is -2.91. The highest BCUT2D eigenvalue weighted by Gasteiger charge is 2.49. The van der Waals surface area contributed by atoms with Gasteiger partial charge < -0.3 is 14.7 Å². The standard InChI is InChI=1S/C24H26N2O6S/c27-22(28)13-26-15-24(16-33(26,30)31)9-11-25(12-10-24)23(29)32-14-21-19-7-3-1-5-17(19)18-6-2-4-8-20(18)21/h1-8,21H,9-16H2,(H,27,28). The van der Waals surface area contributed by atoms with Gasteiger partial charge in [-0.25, -0.2) is 13.2 Å². The van der Waals surface area contributed by atoms with E-state index in [0.29, 0.717) is 25.9 Å². The Bertz CT molecular complexity index is 1160. The first kappa shape index (κ1) is 21.9. The number of sulfonamides is 1. The molecule has 174 valence electrons. The molecule has 0 unspecified atom stereocenters. The summed E-state index contributed by atoms with van der Waals surface area (Å²) in [5.41, 5.74) is 4.14. The Kier molecular flexibility index (Phi) is 5.41. The zero-order valence-electron chi connectivity index (χ0n) is 18.1. The zero-order valence-corrected chi connectivity index (χ0v) is 19.0. The molecule has 0 saturated carbocycles. The van der Waals surface area contributed by atoms with E-state index in [1.54, 1.807) is 4.90 Å². The summed E-state index contributed by atoms with van der Waals surface area (Å²) in [6, 6.07) is 16.3. The molecule has 2 aromatic rings. The van der Waals surface area contributed by atoms with Crippen LogP contribution in [0.1, 0.15) is 29.9 Å². The van der Waals surface area contributed by atoms with Gasteiger partial charge in [0.1, 0.15) is 13.2 Å². The number of rotatable bonds is 4. The fourth-order valence-corrected chi connectivity index (χ4v) is 7.57. The molecule has 0 radical (unpaired) electrons. The van der Waals surface area contributed by atoms with Gasteiger partial charge in [0.05, 0.1) is 5.75 Å². The molecule has 2 aromatic carbocycles. The Morgan fingerprint density at radius 1 is 1.00 bits per heavy atom. The number of fused-ring (bicyclic) bond motifs is 3. The summed E-state index contributed by atoms with van der Waals surface area (Å²) in [6.45, 7) is 0.718. The van der Waals surface area contributed by atoms with Crippen LogP contribution in [0.4, 0.5) is 4.79 Å². The van der Waals surface area contributed by atoms with Crippen molar-refractivity contribution in [2.45, 2.75) is 18.8 Å². The molecule has 2 fully saturated rings. The summed E-state index contributed by atoms with van der Waals surface area (Å²) in [6.07, 6.45) is 0.619. The minimum atomic E-state index is -3.59. The van der Waals surface area contributed by atoms with Crippen molar-refractivity contribution in [3.05, 3.63) is 59.7 Å². The fraction of sp³-hybridized carbons (Fsp3) is 0.417. The van der Waals surface area contributed by atoms with E-state index in [-0.39, 0.29) is 24.8 Å². The van der Waals surface area contributed by atoms with E-state index in [2.05, 4.69) is 24.3 Å². The summed E-state index contributed by atoms with van der Waals surface area (Å²) in [4.78, 5) is 25.5. The average molecular weight is 471 g/mol. The van der Waals surface area contributed by atoms with Gasteiger partial charge in [0.25, 0.3) is 0 Å². The maximum Gasteiger partial charge on any atom is 0.409 e. The van der Waals surface area contributed by atoms with Crippen molar-refractivity contribution in [2.24, 2.45) is 5.41 Å². The number of hydrogen-bond donors (Lipinski definition) is 1.